The average Bonchev–Trinajstić information content (AvgIpc) is 3.26. The van der Waals surface area contributed by atoms with Crippen molar-refractivity contribution < 1.29 is 22.8 Å². The van der Waals surface area contributed by atoms with Crippen LogP contribution in [-0.4, -0.2) is 78.1 Å². The first-order chi connectivity index (χ1) is 18.6. The predicted octanol–water partition coefficient (Wildman–Crippen LogP) is 3.29. The lowest BCUT2D eigenvalue weighted by Crippen LogP contribution is -2.41. The maximum absolute atomic E-state index is 12.6. The number of aliphatic hydroxyl groups excluding tert-OH is 1. The van der Waals surface area contributed by atoms with E-state index in [1.807, 2.05) is 45.0 Å². The number of nitrogens with one attached hydrogen (secondary N) is 1. The smallest absolute Gasteiger partial charge is 0.213 e. The number of benzene rings is 1. The van der Waals surface area contributed by atoms with Crippen LogP contribution in [0.15, 0.2) is 28.8 Å². The molecule has 3 heterocycles. The Hall–Kier alpha value is -2.86. The van der Waals surface area contributed by atoms with Gasteiger partial charge in [0.15, 0.2) is 5.82 Å². The average molecular weight is 558 g/mol. The standard InChI is InChI=1S/C28H39N5O5S/c1-6-39(35,36)33-12-8-9-21(16-33)13-25-18(2)27(26-19(3)32-38-20(26)4)31-28(30-25)22-10-7-11-24(14-22)37-17-23(34)15-29-5/h7,10-11,14,21,23,29,34H,6,8-9,12-13,15-17H2,1-5H3. The number of aromatic nitrogens is 3. The van der Waals surface area contributed by atoms with E-state index in [4.69, 9.17) is 19.2 Å². The van der Waals surface area contributed by atoms with E-state index in [9.17, 15) is 13.5 Å². The number of nitrogens with zero attached hydrogens (tertiary/aromatic N) is 4. The fourth-order valence-corrected chi connectivity index (χ4v) is 6.28. The van der Waals surface area contributed by atoms with Gasteiger partial charge >= 0.3 is 0 Å². The topological polar surface area (TPSA) is 131 Å². The highest BCUT2D eigenvalue weighted by atomic mass is 32.2. The molecule has 1 aromatic carbocycles. The van der Waals surface area contributed by atoms with Crippen LogP contribution in [-0.2, 0) is 16.4 Å². The van der Waals surface area contributed by atoms with Crippen LogP contribution in [0.1, 0.15) is 42.5 Å². The summed E-state index contributed by atoms with van der Waals surface area (Å²) in [4.78, 5) is 9.96. The fraction of sp³-hybridized carbons (Fsp3) is 0.536. The Morgan fingerprint density at radius 3 is 2.74 bits per heavy atom. The monoisotopic (exact) mass is 557 g/mol. The van der Waals surface area contributed by atoms with Gasteiger partial charge in [-0.05, 0) is 77.6 Å². The first-order valence-electron chi connectivity index (χ1n) is 13.5. The summed E-state index contributed by atoms with van der Waals surface area (Å²) in [5, 5.41) is 17.1. The number of aryl methyl sites for hydroxylation is 2. The first kappa shape index (κ1) is 29.1. The van der Waals surface area contributed by atoms with Crippen LogP contribution in [0.3, 0.4) is 0 Å². The van der Waals surface area contributed by atoms with E-state index in [1.54, 1.807) is 18.3 Å². The van der Waals surface area contributed by atoms with E-state index in [0.29, 0.717) is 43.4 Å². The SMILES string of the molecule is CCS(=O)(=O)N1CCCC(Cc2nc(-c3cccc(OCC(O)CNC)c3)nc(-c3c(C)noc3C)c2C)C1. The number of piperidine rings is 1. The highest BCUT2D eigenvalue weighted by molar-refractivity contribution is 7.89. The van der Waals surface area contributed by atoms with E-state index < -0.39 is 16.1 Å². The van der Waals surface area contributed by atoms with Crippen LogP contribution in [0.4, 0.5) is 0 Å². The van der Waals surface area contributed by atoms with Gasteiger partial charge in [0.1, 0.15) is 24.2 Å². The molecule has 1 fully saturated rings. The molecule has 212 valence electrons. The Kier molecular flexibility index (Phi) is 9.37. The Labute approximate surface area is 230 Å². The molecule has 2 atom stereocenters. The van der Waals surface area contributed by atoms with Crippen molar-refractivity contribution in [3.8, 4) is 28.4 Å². The molecule has 0 amide bonds. The van der Waals surface area contributed by atoms with Crippen LogP contribution < -0.4 is 10.1 Å². The van der Waals surface area contributed by atoms with Crippen molar-refractivity contribution in [2.75, 3.05) is 39.0 Å². The Morgan fingerprint density at radius 1 is 1.26 bits per heavy atom. The van der Waals surface area contributed by atoms with Crippen molar-refractivity contribution in [2.45, 2.75) is 53.1 Å². The van der Waals surface area contributed by atoms with E-state index in [0.717, 1.165) is 46.6 Å². The summed E-state index contributed by atoms with van der Waals surface area (Å²) in [7, 11) is -1.46. The van der Waals surface area contributed by atoms with Crippen LogP contribution >= 0.6 is 0 Å². The van der Waals surface area contributed by atoms with Crippen molar-refractivity contribution in [1.82, 2.24) is 24.7 Å². The van der Waals surface area contributed by atoms with Crippen LogP contribution in [0.5, 0.6) is 5.75 Å². The van der Waals surface area contributed by atoms with E-state index in [2.05, 4.69) is 10.5 Å². The molecule has 4 rings (SSSR count). The van der Waals surface area contributed by atoms with Crippen molar-refractivity contribution in [1.29, 1.82) is 0 Å². The minimum absolute atomic E-state index is 0.108. The molecule has 0 saturated carbocycles. The second-order valence-electron chi connectivity index (χ2n) is 10.2. The highest BCUT2D eigenvalue weighted by Gasteiger charge is 2.29. The lowest BCUT2D eigenvalue weighted by Gasteiger charge is -2.32. The van der Waals surface area contributed by atoms with Crippen molar-refractivity contribution in [2.24, 2.45) is 5.92 Å². The molecule has 2 aromatic heterocycles. The number of rotatable bonds is 11. The fourth-order valence-electron chi connectivity index (χ4n) is 5.07. The number of hydrogen-bond donors (Lipinski definition) is 2. The quantitative estimate of drug-likeness (QED) is 0.365. The lowest BCUT2D eigenvalue weighted by atomic mass is 9.91. The molecule has 39 heavy (non-hydrogen) atoms. The molecule has 0 bridgehead atoms. The summed E-state index contributed by atoms with van der Waals surface area (Å²) < 4.78 is 38.0. The molecule has 11 heteroatoms. The van der Waals surface area contributed by atoms with Gasteiger partial charge in [0.25, 0.3) is 0 Å². The molecule has 1 saturated heterocycles. The number of hydrogen-bond acceptors (Lipinski definition) is 9. The zero-order chi connectivity index (χ0) is 28.2. The molecule has 0 spiro atoms. The Bertz CT molecular complexity index is 1370. The van der Waals surface area contributed by atoms with Crippen LogP contribution in [0.25, 0.3) is 22.6 Å². The van der Waals surface area contributed by atoms with Gasteiger partial charge in [0, 0.05) is 30.9 Å². The summed E-state index contributed by atoms with van der Waals surface area (Å²) in [6.07, 6.45) is 1.78. The summed E-state index contributed by atoms with van der Waals surface area (Å²) in [6, 6.07) is 7.51. The molecule has 0 radical (unpaired) electrons. The highest BCUT2D eigenvalue weighted by Crippen LogP contribution is 2.33. The third-order valence-corrected chi connectivity index (χ3v) is 9.06. The van der Waals surface area contributed by atoms with Crippen molar-refractivity contribution >= 4 is 10.0 Å². The van der Waals surface area contributed by atoms with Gasteiger partial charge < -0.3 is 19.7 Å². The van der Waals surface area contributed by atoms with Gasteiger partial charge in [-0.25, -0.2) is 22.7 Å². The molecule has 0 aliphatic carbocycles. The summed E-state index contributed by atoms with van der Waals surface area (Å²) in [5.74, 6) is 2.10. The number of likely N-dealkylation sites (N-methyl/N-ethyl adjacent to an activating group) is 1. The first-order valence-corrected chi connectivity index (χ1v) is 15.1. The summed E-state index contributed by atoms with van der Waals surface area (Å²) >= 11 is 0. The zero-order valence-corrected chi connectivity index (χ0v) is 24.2. The Balaban J connectivity index is 1.71. The third kappa shape index (κ3) is 6.84. The van der Waals surface area contributed by atoms with Gasteiger partial charge in [-0.1, -0.05) is 17.3 Å². The zero-order valence-electron chi connectivity index (χ0n) is 23.4. The van der Waals surface area contributed by atoms with E-state index in [1.165, 1.54) is 0 Å². The minimum Gasteiger partial charge on any atom is -0.491 e. The largest absolute Gasteiger partial charge is 0.491 e. The minimum atomic E-state index is -3.24. The van der Waals surface area contributed by atoms with Crippen molar-refractivity contribution in [3.05, 3.63) is 47.0 Å². The molecule has 2 unspecified atom stereocenters. The van der Waals surface area contributed by atoms with Gasteiger partial charge in [-0.3, -0.25) is 0 Å². The van der Waals surface area contributed by atoms with Crippen molar-refractivity contribution in [3.63, 3.8) is 0 Å². The third-order valence-electron chi connectivity index (χ3n) is 7.21. The normalized spacial score (nSPS) is 17.3. The molecule has 1 aliphatic rings. The van der Waals surface area contributed by atoms with E-state index in [-0.39, 0.29) is 18.3 Å². The maximum atomic E-state index is 12.6. The molecule has 1 aliphatic heterocycles. The number of aliphatic hydroxyl groups is 1. The van der Waals surface area contributed by atoms with Crippen LogP contribution in [0.2, 0.25) is 0 Å². The number of sulfonamides is 1. The second-order valence-corrected chi connectivity index (χ2v) is 12.4. The summed E-state index contributed by atoms with van der Waals surface area (Å²) in [6.45, 7) is 9.12. The molecular formula is C28H39N5O5S. The maximum Gasteiger partial charge on any atom is 0.213 e. The lowest BCUT2D eigenvalue weighted by molar-refractivity contribution is 0.108. The van der Waals surface area contributed by atoms with Crippen LogP contribution in [0, 0.1) is 26.7 Å². The molecule has 3 aromatic rings. The Morgan fingerprint density at radius 2 is 2.05 bits per heavy atom. The van der Waals surface area contributed by atoms with Gasteiger partial charge in [-0.2, -0.15) is 0 Å². The second kappa shape index (κ2) is 12.5. The van der Waals surface area contributed by atoms with Gasteiger partial charge in [0.2, 0.25) is 10.0 Å². The van der Waals surface area contributed by atoms with Gasteiger partial charge in [-0.15, -0.1) is 0 Å². The van der Waals surface area contributed by atoms with Gasteiger partial charge in [0.05, 0.1) is 22.7 Å². The predicted molar refractivity (Wildman–Crippen MR) is 150 cm³/mol. The number of ether oxygens (including phenoxy) is 1. The summed E-state index contributed by atoms with van der Waals surface area (Å²) in [5.41, 5.74) is 4.95. The molecule has 2 N–H and O–H groups in total. The van der Waals surface area contributed by atoms with E-state index >= 15 is 0 Å². The molecular weight excluding hydrogens is 518 g/mol. The molecule has 10 nitrogen and oxygen atoms in total.